The van der Waals surface area contributed by atoms with Crippen LogP contribution in [-0.2, 0) is 26.6 Å². The summed E-state index contributed by atoms with van der Waals surface area (Å²) in [4.78, 5) is 28.1. The Morgan fingerprint density at radius 3 is 2.73 bits per heavy atom. The molecule has 10 nitrogen and oxygen atoms in total. The number of β-amino-alcohol motifs (C(OH)–C–C–N with tert-alkyl or cyclic N) is 2. The number of amides is 1. The molecule has 1 saturated heterocycles. The van der Waals surface area contributed by atoms with Crippen molar-refractivity contribution in [2.45, 2.75) is 49.4 Å². The van der Waals surface area contributed by atoms with Gasteiger partial charge in [-0.05, 0) is 37.1 Å². The van der Waals surface area contributed by atoms with E-state index in [1.54, 1.807) is 6.92 Å². The van der Waals surface area contributed by atoms with Crippen molar-refractivity contribution in [3.8, 4) is 11.1 Å². The lowest BCUT2D eigenvalue weighted by molar-refractivity contribution is 0.0683. The number of fused-ring (bicyclic) bond motifs is 1. The molecule has 2 aromatic carbocycles. The number of hydrogen-bond acceptors (Lipinski definition) is 8. The SMILES string of the molecule is Cc1c(NC(=O)c2nc3c(n2C)CCN(CC(C)O)C3)cccc1-c1cccc(Sc2cn(CC3CN(CCO)C3)cn2)c1Cl. The first-order valence-electron chi connectivity index (χ1n) is 15.4. The highest BCUT2D eigenvalue weighted by Crippen LogP contribution is 2.40. The number of anilines is 1. The molecule has 0 radical (unpaired) electrons. The van der Waals surface area contributed by atoms with Gasteiger partial charge in [0.25, 0.3) is 5.91 Å². The summed E-state index contributed by atoms with van der Waals surface area (Å²) in [5.74, 6) is 0.683. The van der Waals surface area contributed by atoms with Gasteiger partial charge < -0.3 is 29.6 Å². The lowest BCUT2D eigenvalue weighted by Gasteiger charge is -2.38. The van der Waals surface area contributed by atoms with Gasteiger partial charge in [0, 0.05) is 93.2 Å². The second-order valence-electron chi connectivity index (χ2n) is 12.1. The third kappa shape index (κ3) is 6.98. The molecular formula is C33H40ClN7O3S. The van der Waals surface area contributed by atoms with Crippen LogP contribution in [0.5, 0.6) is 0 Å². The first-order valence-corrected chi connectivity index (χ1v) is 16.6. The summed E-state index contributed by atoms with van der Waals surface area (Å²) in [5, 5.41) is 23.5. The van der Waals surface area contributed by atoms with Gasteiger partial charge >= 0.3 is 0 Å². The zero-order valence-corrected chi connectivity index (χ0v) is 27.5. The molecule has 0 spiro atoms. The molecule has 45 heavy (non-hydrogen) atoms. The van der Waals surface area contributed by atoms with Gasteiger partial charge in [-0.15, -0.1) is 0 Å². The second-order valence-corrected chi connectivity index (χ2v) is 13.6. The van der Waals surface area contributed by atoms with Gasteiger partial charge in [0.2, 0.25) is 0 Å². The molecule has 238 valence electrons. The van der Waals surface area contributed by atoms with E-state index < -0.39 is 6.10 Å². The average Bonchev–Trinajstić information content (AvgIpc) is 3.57. The summed E-state index contributed by atoms with van der Waals surface area (Å²) >= 11 is 8.54. The van der Waals surface area contributed by atoms with E-state index in [9.17, 15) is 9.90 Å². The van der Waals surface area contributed by atoms with E-state index in [2.05, 4.69) is 30.9 Å². The zero-order valence-electron chi connectivity index (χ0n) is 25.9. The Labute approximate surface area is 273 Å². The Hall–Kier alpha value is -3.19. The summed E-state index contributed by atoms with van der Waals surface area (Å²) in [5.41, 5.74) is 5.40. The molecule has 12 heteroatoms. The Kier molecular flexibility index (Phi) is 9.65. The van der Waals surface area contributed by atoms with Crippen LogP contribution in [0.1, 0.15) is 34.5 Å². The maximum absolute atomic E-state index is 13.5. The van der Waals surface area contributed by atoms with Crippen molar-refractivity contribution >= 4 is 35.0 Å². The largest absolute Gasteiger partial charge is 0.395 e. The van der Waals surface area contributed by atoms with Crippen molar-refractivity contribution in [1.82, 2.24) is 28.9 Å². The molecule has 0 aliphatic carbocycles. The summed E-state index contributed by atoms with van der Waals surface area (Å²) in [6, 6.07) is 11.8. The van der Waals surface area contributed by atoms with E-state index in [4.69, 9.17) is 21.7 Å². The van der Waals surface area contributed by atoms with Crippen molar-refractivity contribution in [3.05, 3.63) is 76.7 Å². The number of rotatable bonds is 11. The number of imidazole rings is 2. The maximum atomic E-state index is 13.5. The smallest absolute Gasteiger partial charge is 0.291 e. The standard InChI is InChI=1S/C33H40ClN7O3S/c1-21(43)14-39-11-10-28-27(18-39)36-32(38(28)3)33(44)37-26-8-4-6-24(22(26)2)25-7-5-9-29(31(25)34)45-30-19-41(20-35-30)17-23-15-40(16-23)12-13-42/h4-9,19-21,23,42-43H,10-18H2,1-3H3,(H,37,44). The van der Waals surface area contributed by atoms with Crippen LogP contribution in [0.25, 0.3) is 11.1 Å². The number of nitrogens with zero attached hydrogens (tertiary/aromatic N) is 6. The first kappa shape index (κ1) is 31.8. The van der Waals surface area contributed by atoms with Crippen molar-refractivity contribution in [2.75, 3.05) is 44.6 Å². The predicted octanol–water partition coefficient (Wildman–Crippen LogP) is 4.31. The van der Waals surface area contributed by atoms with Crippen LogP contribution in [0, 0.1) is 12.8 Å². The van der Waals surface area contributed by atoms with Gasteiger partial charge in [0.05, 0.1) is 29.8 Å². The molecule has 4 aromatic rings. The first-order chi connectivity index (χ1) is 21.7. The number of carbonyl (C=O) groups is 1. The number of aromatic nitrogens is 4. The lowest BCUT2D eigenvalue weighted by Crippen LogP contribution is -2.49. The number of aliphatic hydroxyl groups is 2. The summed E-state index contributed by atoms with van der Waals surface area (Å²) in [6.45, 7) is 9.65. The van der Waals surface area contributed by atoms with Crippen molar-refractivity contribution < 1.29 is 15.0 Å². The third-order valence-corrected chi connectivity index (χ3v) is 10.1. The minimum Gasteiger partial charge on any atom is -0.395 e. The Morgan fingerprint density at radius 2 is 1.96 bits per heavy atom. The molecule has 2 aliphatic heterocycles. The summed E-state index contributed by atoms with van der Waals surface area (Å²) < 4.78 is 4.02. The predicted molar refractivity (Wildman–Crippen MR) is 177 cm³/mol. The van der Waals surface area contributed by atoms with E-state index in [0.717, 1.165) is 77.1 Å². The van der Waals surface area contributed by atoms with Gasteiger partial charge in [0.15, 0.2) is 5.82 Å². The topological polar surface area (TPSA) is 112 Å². The molecule has 0 saturated carbocycles. The highest BCUT2D eigenvalue weighted by atomic mass is 35.5. The highest BCUT2D eigenvalue weighted by molar-refractivity contribution is 7.99. The number of halogens is 1. The molecule has 2 aliphatic rings. The zero-order chi connectivity index (χ0) is 31.7. The number of hydrogen-bond donors (Lipinski definition) is 3. The molecule has 2 aromatic heterocycles. The number of nitrogens with one attached hydrogen (secondary N) is 1. The van der Waals surface area contributed by atoms with Crippen LogP contribution in [0.15, 0.2) is 58.8 Å². The van der Waals surface area contributed by atoms with Crippen molar-refractivity contribution in [2.24, 2.45) is 13.0 Å². The Balaban J connectivity index is 1.15. The molecule has 1 amide bonds. The van der Waals surface area contributed by atoms with Crippen LogP contribution < -0.4 is 5.32 Å². The van der Waals surface area contributed by atoms with Crippen LogP contribution in [-0.4, -0.2) is 90.5 Å². The Morgan fingerprint density at radius 1 is 1.18 bits per heavy atom. The number of carbonyl (C=O) groups excluding carboxylic acids is 1. The fourth-order valence-electron chi connectivity index (χ4n) is 6.37. The molecule has 1 atom stereocenters. The molecule has 6 rings (SSSR count). The molecular weight excluding hydrogens is 610 g/mol. The van der Waals surface area contributed by atoms with Gasteiger partial charge in [-0.2, -0.15) is 0 Å². The minimum atomic E-state index is -0.410. The quantitative estimate of drug-likeness (QED) is 0.221. The fourth-order valence-corrected chi connectivity index (χ4v) is 7.58. The average molecular weight is 650 g/mol. The normalized spacial score (nSPS) is 16.4. The summed E-state index contributed by atoms with van der Waals surface area (Å²) in [7, 11) is 1.89. The van der Waals surface area contributed by atoms with Crippen LogP contribution in [0.4, 0.5) is 5.69 Å². The Bertz CT molecular complexity index is 1680. The number of aliphatic hydroxyl groups excluding tert-OH is 2. The number of likely N-dealkylation sites (tertiary alicyclic amines) is 1. The van der Waals surface area contributed by atoms with Crippen molar-refractivity contribution in [3.63, 3.8) is 0 Å². The molecule has 1 fully saturated rings. The van der Waals surface area contributed by atoms with Crippen LogP contribution >= 0.6 is 23.4 Å². The molecule has 0 bridgehead atoms. The van der Waals surface area contributed by atoms with E-state index in [1.165, 1.54) is 11.8 Å². The van der Waals surface area contributed by atoms with E-state index in [0.29, 0.717) is 35.5 Å². The second kappa shape index (κ2) is 13.7. The van der Waals surface area contributed by atoms with E-state index in [-0.39, 0.29) is 12.5 Å². The molecule has 1 unspecified atom stereocenters. The van der Waals surface area contributed by atoms with Gasteiger partial charge in [-0.3, -0.25) is 9.69 Å². The molecule has 3 N–H and O–H groups in total. The monoisotopic (exact) mass is 649 g/mol. The minimum absolute atomic E-state index is 0.204. The van der Waals surface area contributed by atoms with Crippen LogP contribution in [0.2, 0.25) is 5.02 Å². The highest BCUT2D eigenvalue weighted by Gasteiger charge is 2.27. The maximum Gasteiger partial charge on any atom is 0.291 e. The lowest BCUT2D eigenvalue weighted by atomic mass is 9.99. The van der Waals surface area contributed by atoms with Gasteiger partial charge in [-0.1, -0.05) is 47.6 Å². The third-order valence-electron chi connectivity index (χ3n) is 8.64. The number of benzene rings is 2. The molecule has 4 heterocycles. The fraction of sp³-hybridized carbons (Fsp3) is 0.424. The van der Waals surface area contributed by atoms with Crippen molar-refractivity contribution in [1.29, 1.82) is 0 Å². The van der Waals surface area contributed by atoms with Crippen LogP contribution in [0.3, 0.4) is 0 Å². The summed E-state index contributed by atoms with van der Waals surface area (Å²) in [6.07, 6.45) is 4.30. The van der Waals surface area contributed by atoms with E-state index >= 15 is 0 Å². The van der Waals surface area contributed by atoms with Gasteiger partial charge in [0.1, 0.15) is 5.03 Å². The van der Waals surface area contributed by atoms with Gasteiger partial charge in [-0.25, -0.2) is 9.97 Å². The van der Waals surface area contributed by atoms with E-state index in [1.807, 2.05) is 61.3 Å².